The van der Waals surface area contributed by atoms with Crippen molar-refractivity contribution in [3.05, 3.63) is 21.4 Å². The van der Waals surface area contributed by atoms with Crippen molar-refractivity contribution in [2.75, 3.05) is 20.3 Å². The van der Waals surface area contributed by atoms with Crippen molar-refractivity contribution >= 4 is 18.0 Å². The molecule has 4 atom stereocenters. The van der Waals surface area contributed by atoms with E-state index in [1.54, 1.807) is 0 Å². The first kappa shape index (κ1) is 18.5. The molecule has 138 valence electrons. The Morgan fingerprint density at radius 2 is 1.92 bits per heavy atom. The highest BCUT2D eigenvalue weighted by molar-refractivity contribution is 5.95. The van der Waals surface area contributed by atoms with Gasteiger partial charge in [0.1, 0.15) is 29.3 Å². The molecule has 0 aromatic rings. The number of esters is 2. The molecule has 1 aliphatic carbocycles. The monoisotopic (exact) mass is 357 g/mol. The van der Waals surface area contributed by atoms with Crippen molar-refractivity contribution < 1.29 is 33.9 Å². The van der Waals surface area contributed by atoms with Crippen LogP contribution >= 0.6 is 0 Å². The minimum atomic E-state index is -1.57. The lowest BCUT2D eigenvalue weighted by atomic mass is 9.75. The second kappa shape index (κ2) is 6.95. The number of amides is 2. The van der Waals surface area contributed by atoms with Gasteiger partial charge >= 0.3 is 18.0 Å². The lowest BCUT2D eigenvalue weighted by molar-refractivity contribution is -0.535. The number of hydrogen-bond acceptors (Lipinski definition) is 8. The molecule has 1 aliphatic heterocycles. The number of fused-ring (bicyclic) bond motifs is 2. The summed E-state index contributed by atoms with van der Waals surface area (Å²) >= 11 is 0. The van der Waals surface area contributed by atoms with Crippen molar-refractivity contribution in [3.8, 4) is 0 Å². The fraction of sp³-hybridized carbons (Fsp3) is 0.643. The zero-order chi connectivity index (χ0) is 18.9. The largest absolute Gasteiger partial charge is 0.511 e. The number of hydrogen-bond donors (Lipinski definition) is 2. The number of aliphatic hydroxyl groups excluding tert-OH is 1. The minimum Gasteiger partial charge on any atom is -0.511 e. The molecule has 2 aliphatic rings. The van der Waals surface area contributed by atoms with Gasteiger partial charge in [-0.2, -0.15) is 0 Å². The topological polar surface area (TPSA) is 148 Å². The minimum absolute atomic E-state index is 0.0372. The first-order chi connectivity index (χ1) is 11.8. The second-order valence-electron chi connectivity index (χ2n) is 5.56. The Bertz CT molecular complexity index is 646. The van der Waals surface area contributed by atoms with Crippen LogP contribution in [0.25, 0.3) is 0 Å². The van der Waals surface area contributed by atoms with Gasteiger partial charge in [0.15, 0.2) is 0 Å². The third-order valence-electron chi connectivity index (χ3n) is 4.22. The summed E-state index contributed by atoms with van der Waals surface area (Å²) in [6.07, 6.45) is 0. The summed E-state index contributed by atoms with van der Waals surface area (Å²) in [4.78, 5) is 48.5. The van der Waals surface area contributed by atoms with E-state index in [9.17, 15) is 29.6 Å². The van der Waals surface area contributed by atoms with Gasteiger partial charge in [0.05, 0.1) is 13.2 Å². The molecule has 0 spiro atoms. The fourth-order valence-corrected chi connectivity index (χ4v) is 3.19. The summed E-state index contributed by atoms with van der Waals surface area (Å²) in [5.41, 5.74) is -0.477. The highest BCUT2D eigenvalue weighted by atomic mass is 16.6. The van der Waals surface area contributed by atoms with Crippen LogP contribution in [0, 0.1) is 16.0 Å². The number of nitrogens with one attached hydrogen (secondary N) is 1. The molecule has 2 rings (SSSR count). The number of ether oxygens (including phenoxy) is 2. The summed E-state index contributed by atoms with van der Waals surface area (Å²) < 4.78 is 9.70. The smallest absolute Gasteiger partial charge is 0.339 e. The van der Waals surface area contributed by atoms with Crippen molar-refractivity contribution in [3.63, 3.8) is 0 Å². The molecule has 0 aromatic heterocycles. The Morgan fingerprint density at radius 1 is 1.32 bits per heavy atom. The van der Waals surface area contributed by atoms with Gasteiger partial charge in [0, 0.05) is 12.0 Å². The molecule has 1 fully saturated rings. The summed E-state index contributed by atoms with van der Waals surface area (Å²) in [6.45, 7) is 2.96. The Balaban J connectivity index is 2.66. The highest BCUT2D eigenvalue weighted by Gasteiger charge is 2.61. The lowest BCUT2D eigenvalue weighted by Crippen LogP contribution is -2.72. The molecule has 11 nitrogen and oxygen atoms in total. The van der Waals surface area contributed by atoms with E-state index >= 15 is 0 Å². The van der Waals surface area contributed by atoms with Gasteiger partial charge in [0.2, 0.25) is 0 Å². The first-order valence-electron chi connectivity index (χ1n) is 7.69. The van der Waals surface area contributed by atoms with Crippen LogP contribution < -0.4 is 5.32 Å². The van der Waals surface area contributed by atoms with Crippen LogP contribution in [0.5, 0.6) is 0 Å². The number of aliphatic hydroxyl groups is 1. The van der Waals surface area contributed by atoms with E-state index in [0.717, 1.165) is 4.90 Å². The Hall–Kier alpha value is -2.85. The molecular formula is C14H19N3O8. The number of nitro groups is 1. The standard InChI is InChI=1S/C14H19N3O8/c1-4-24-12(19)6-8-10(17(22)23)9(16(3)14(21)15-8)7(11(6)18)13(20)25-5-2/h6,8-10,18H,4-5H2,1-3H3,(H,15,21)/t6-,8+,9+,10+/m0/s1. The van der Waals surface area contributed by atoms with Crippen LogP contribution in [-0.4, -0.2) is 71.3 Å². The Kier molecular flexibility index (Phi) is 5.14. The number of nitrogens with zero attached hydrogens (tertiary/aromatic N) is 2. The van der Waals surface area contributed by atoms with Gasteiger partial charge in [-0.3, -0.25) is 14.9 Å². The molecule has 2 N–H and O–H groups in total. The average Bonchev–Trinajstić information content (AvgIpc) is 2.52. The maximum Gasteiger partial charge on any atom is 0.339 e. The van der Waals surface area contributed by atoms with E-state index in [1.807, 2.05) is 0 Å². The molecule has 2 amide bonds. The van der Waals surface area contributed by atoms with E-state index in [0.29, 0.717) is 0 Å². The molecule has 11 heteroatoms. The molecule has 1 saturated heterocycles. The zero-order valence-electron chi connectivity index (χ0n) is 13.9. The predicted molar refractivity (Wildman–Crippen MR) is 81.1 cm³/mol. The maximum atomic E-state index is 12.3. The fourth-order valence-electron chi connectivity index (χ4n) is 3.19. The Labute approximate surface area is 142 Å². The first-order valence-corrected chi connectivity index (χ1v) is 7.69. The number of urea groups is 1. The second-order valence-corrected chi connectivity index (χ2v) is 5.56. The molecular weight excluding hydrogens is 338 g/mol. The van der Waals surface area contributed by atoms with Gasteiger partial charge < -0.3 is 24.8 Å². The van der Waals surface area contributed by atoms with Gasteiger partial charge in [-0.1, -0.05) is 0 Å². The zero-order valence-corrected chi connectivity index (χ0v) is 13.9. The third-order valence-corrected chi connectivity index (χ3v) is 4.22. The lowest BCUT2D eigenvalue weighted by Gasteiger charge is -2.45. The van der Waals surface area contributed by atoms with Crippen LogP contribution in [0.15, 0.2) is 11.3 Å². The quantitative estimate of drug-likeness (QED) is 0.383. The number of carbonyl (C=O) groups excluding carboxylic acids is 3. The summed E-state index contributed by atoms with van der Waals surface area (Å²) in [5, 5.41) is 24.4. The van der Waals surface area contributed by atoms with Crippen LogP contribution in [0.4, 0.5) is 4.79 Å². The molecule has 0 radical (unpaired) electrons. The summed E-state index contributed by atoms with van der Waals surface area (Å²) in [7, 11) is 1.25. The van der Waals surface area contributed by atoms with Gasteiger partial charge in [0.25, 0.3) is 6.04 Å². The summed E-state index contributed by atoms with van der Waals surface area (Å²) in [5.74, 6) is -4.24. The molecule has 1 heterocycles. The van der Waals surface area contributed by atoms with E-state index < -0.39 is 58.3 Å². The van der Waals surface area contributed by atoms with E-state index in [1.165, 1.54) is 20.9 Å². The third kappa shape index (κ3) is 2.96. The maximum absolute atomic E-state index is 12.3. The number of carbonyl (C=O) groups is 3. The average molecular weight is 357 g/mol. The van der Waals surface area contributed by atoms with E-state index in [4.69, 9.17) is 9.47 Å². The molecule has 0 unspecified atom stereocenters. The van der Waals surface area contributed by atoms with Crippen molar-refractivity contribution in [2.45, 2.75) is 32.0 Å². The van der Waals surface area contributed by atoms with E-state index in [-0.39, 0.29) is 13.2 Å². The van der Waals surface area contributed by atoms with Gasteiger partial charge in [-0.05, 0) is 13.8 Å². The number of rotatable bonds is 5. The van der Waals surface area contributed by atoms with Crippen molar-refractivity contribution in [1.82, 2.24) is 10.2 Å². The molecule has 2 bridgehead atoms. The van der Waals surface area contributed by atoms with Crippen LogP contribution in [0.2, 0.25) is 0 Å². The van der Waals surface area contributed by atoms with Crippen LogP contribution in [0.1, 0.15) is 13.8 Å². The highest BCUT2D eigenvalue weighted by Crippen LogP contribution is 2.37. The summed E-state index contributed by atoms with van der Waals surface area (Å²) in [6, 6.07) is -4.96. The Morgan fingerprint density at radius 3 is 2.44 bits per heavy atom. The SMILES string of the molecule is CCOC(=O)C1=C(O)[C@@H](C(=O)OCC)[C@H]2NC(=O)N(C)[C@H]1[C@@H]2[N+](=O)[O-]. The normalized spacial score (nSPS) is 28.3. The van der Waals surface area contributed by atoms with Crippen molar-refractivity contribution in [1.29, 1.82) is 0 Å². The van der Waals surface area contributed by atoms with Crippen LogP contribution in [0.3, 0.4) is 0 Å². The van der Waals surface area contributed by atoms with Crippen LogP contribution in [-0.2, 0) is 19.1 Å². The van der Waals surface area contributed by atoms with Gasteiger partial charge in [-0.25, -0.2) is 9.59 Å². The predicted octanol–water partition coefficient (Wildman–Crippen LogP) is -0.408. The molecule has 25 heavy (non-hydrogen) atoms. The molecule has 0 aromatic carbocycles. The van der Waals surface area contributed by atoms with Gasteiger partial charge in [-0.15, -0.1) is 0 Å². The van der Waals surface area contributed by atoms with E-state index in [2.05, 4.69) is 5.32 Å². The molecule has 0 saturated carbocycles. The van der Waals surface area contributed by atoms with Crippen molar-refractivity contribution in [2.24, 2.45) is 5.92 Å². The number of likely N-dealkylation sites (N-methyl/N-ethyl adjacent to an activating group) is 1.